The Bertz CT molecular complexity index is 369. The summed E-state index contributed by atoms with van der Waals surface area (Å²) in [6.07, 6.45) is 4.94. The first-order valence-corrected chi connectivity index (χ1v) is 8.60. The largest absolute Gasteiger partial charge is 0.299 e. The smallest absolute Gasteiger partial charge is 0.105 e. The molecule has 0 spiro atoms. The predicted molar refractivity (Wildman–Crippen MR) is 87.2 cm³/mol. The van der Waals surface area contributed by atoms with Crippen LogP contribution in [-0.2, 0) is 0 Å². The zero-order valence-corrected chi connectivity index (χ0v) is 14.2. The molecule has 0 aliphatic carbocycles. The predicted octanol–water partition coefficient (Wildman–Crippen LogP) is 2.22. The van der Waals surface area contributed by atoms with Crippen LogP contribution in [0.4, 0.5) is 0 Å². The van der Waals surface area contributed by atoms with Gasteiger partial charge in [-0.3, -0.25) is 15.1 Å². The molecule has 2 aliphatic heterocycles. The molecule has 4 nitrogen and oxygen atoms in total. The second-order valence-electron chi connectivity index (χ2n) is 7.48. The van der Waals surface area contributed by atoms with Gasteiger partial charge in [-0.25, -0.2) is 0 Å². The highest BCUT2D eigenvalue weighted by atomic mass is 15.3. The van der Waals surface area contributed by atoms with Crippen molar-refractivity contribution in [2.45, 2.75) is 77.0 Å². The first-order valence-electron chi connectivity index (χ1n) is 8.60. The van der Waals surface area contributed by atoms with Crippen molar-refractivity contribution in [3.63, 3.8) is 0 Å². The van der Waals surface area contributed by atoms with Gasteiger partial charge in [0.2, 0.25) is 0 Å². The second kappa shape index (κ2) is 7.09. The van der Waals surface area contributed by atoms with Crippen LogP contribution < -0.4 is 5.32 Å². The molecule has 120 valence electrons. The molecule has 0 aromatic heterocycles. The Morgan fingerprint density at radius 3 is 2.48 bits per heavy atom. The molecular weight excluding hydrogens is 260 g/mol. The molecule has 0 bridgehead atoms. The molecular formula is C17H32N4. The van der Waals surface area contributed by atoms with Gasteiger partial charge < -0.3 is 0 Å². The van der Waals surface area contributed by atoms with Crippen molar-refractivity contribution in [2.24, 2.45) is 0 Å². The lowest BCUT2D eigenvalue weighted by atomic mass is 9.93. The van der Waals surface area contributed by atoms with Crippen molar-refractivity contribution in [3.05, 3.63) is 0 Å². The molecule has 2 fully saturated rings. The molecule has 0 saturated carbocycles. The van der Waals surface area contributed by atoms with E-state index in [9.17, 15) is 5.26 Å². The lowest BCUT2D eigenvalue weighted by Crippen LogP contribution is -2.49. The van der Waals surface area contributed by atoms with Crippen LogP contribution in [0.1, 0.15) is 53.4 Å². The van der Waals surface area contributed by atoms with Crippen molar-refractivity contribution in [1.82, 2.24) is 15.1 Å². The first kappa shape index (κ1) is 16.7. The fourth-order valence-corrected chi connectivity index (χ4v) is 4.07. The van der Waals surface area contributed by atoms with Gasteiger partial charge in [0.15, 0.2) is 0 Å². The van der Waals surface area contributed by atoms with Crippen molar-refractivity contribution in [3.8, 4) is 6.07 Å². The standard InChI is InChI=1S/C17H32N4/c1-14(2)19-17(4,13-18)11-15(3)21-10-7-16(12-21)20-8-5-6-9-20/h14-16,19H,5-12H2,1-4H3. The van der Waals surface area contributed by atoms with Gasteiger partial charge in [-0.15, -0.1) is 0 Å². The minimum atomic E-state index is -0.417. The Morgan fingerprint density at radius 1 is 1.24 bits per heavy atom. The van der Waals surface area contributed by atoms with Crippen molar-refractivity contribution < 1.29 is 0 Å². The Labute approximate surface area is 130 Å². The maximum absolute atomic E-state index is 9.51. The topological polar surface area (TPSA) is 42.3 Å². The molecule has 0 aromatic rings. The molecule has 3 atom stereocenters. The average molecular weight is 292 g/mol. The summed E-state index contributed by atoms with van der Waals surface area (Å²) in [5, 5.41) is 12.9. The maximum atomic E-state index is 9.51. The number of hydrogen-bond acceptors (Lipinski definition) is 4. The lowest BCUT2D eigenvalue weighted by molar-refractivity contribution is 0.182. The number of hydrogen-bond donors (Lipinski definition) is 1. The Balaban J connectivity index is 1.86. The molecule has 21 heavy (non-hydrogen) atoms. The summed E-state index contributed by atoms with van der Waals surface area (Å²) in [5.74, 6) is 0. The molecule has 3 unspecified atom stereocenters. The third kappa shape index (κ3) is 4.42. The van der Waals surface area contributed by atoms with Gasteiger partial charge in [0.05, 0.1) is 6.07 Å². The minimum absolute atomic E-state index is 0.345. The fourth-order valence-electron chi connectivity index (χ4n) is 4.07. The molecule has 4 heteroatoms. The molecule has 0 radical (unpaired) electrons. The number of rotatable bonds is 6. The van der Waals surface area contributed by atoms with Gasteiger partial charge in [0.25, 0.3) is 0 Å². The zero-order valence-electron chi connectivity index (χ0n) is 14.2. The van der Waals surface area contributed by atoms with Gasteiger partial charge in [-0.2, -0.15) is 5.26 Å². The molecule has 2 heterocycles. The molecule has 2 aliphatic rings. The van der Waals surface area contributed by atoms with E-state index in [1.807, 2.05) is 6.92 Å². The summed E-state index contributed by atoms with van der Waals surface area (Å²) in [4.78, 5) is 5.25. The quantitative estimate of drug-likeness (QED) is 0.815. The number of likely N-dealkylation sites (tertiary alicyclic amines) is 2. The van der Waals surface area contributed by atoms with Gasteiger partial charge in [0.1, 0.15) is 5.54 Å². The normalized spacial score (nSPS) is 28.7. The van der Waals surface area contributed by atoms with Crippen molar-refractivity contribution >= 4 is 0 Å². The van der Waals surface area contributed by atoms with Crippen LogP contribution in [0.5, 0.6) is 0 Å². The highest BCUT2D eigenvalue weighted by molar-refractivity contribution is 5.06. The van der Waals surface area contributed by atoms with Crippen LogP contribution in [-0.4, -0.2) is 59.6 Å². The van der Waals surface area contributed by atoms with E-state index < -0.39 is 5.54 Å². The number of nitrogens with zero attached hydrogens (tertiary/aromatic N) is 3. The Morgan fingerprint density at radius 2 is 1.90 bits per heavy atom. The van der Waals surface area contributed by atoms with E-state index in [0.29, 0.717) is 12.1 Å². The van der Waals surface area contributed by atoms with E-state index in [2.05, 4.69) is 42.0 Å². The molecule has 0 amide bonds. The molecule has 2 saturated heterocycles. The van der Waals surface area contributed by atoms with Crippen molar-refractivity contribution in [2.75, 3.05) is 26.2 Å². The summed E-state index contributed by atoms with van der Waals surface area (Å²) in [7, 11) is 0. The van der Waals surface area contributed by atoms with E-state index in [1.165, 1.54) is 45.4 Å². The van der Waals surface area contributed by atoms with Gasteiger partial charge >= 0.3 is 0 Å². The summed E-state index contributed by atoms with van der Waals surface area (Å²) >= 11 is 0. The van der Waals surface area contributed by atoms with Crippen LogP contribution in [0.3, 0.4) is 0 Å². The SMILES string of the molecule is CC(C)NC(C)(C#N)CC(C)N1CCC(N2CCCC2)C1. The third-order valence-electron chi connectivity index (χ3n) is 5.03. The van der Waals surface area contributed by atoms with Crippen LogP contribution in [0, 0.1) is 11.3 Å². The highest BCUT2D eigenvalue weighted by Crippen LogP contribution is 2.25. The summed E-state index contributed by atoms with van der Waals surface area (Å²) in [6.45, 7) is 13.5. The monoisotopic (exact) mass is 292 g/mol. The van der Waals surface area contributed by atoms with E-state index in [-0.39, 0.29) is 0 Å². The summed E-state index contributed by atoms with van der Waals surface area (Å²) in [6, 6.07) is 4.04. The highest BCUT2D eigenvalue weighted by Gasteiger charge is 2.34. The maximum Gasteiger partial charge on any atom is 0.105 e. The zero-order chi connectivity index (χ0) is 15.5. The Kier molecular flexibility index (Phi) is 5.65. The number of nitriles is 1. The number of nitrogens with one attached hydrogen (secondary N) is 1. The second-order valence-corrected chi connectivity index (χ2v) is 7.48. The minimum Gasteiger partial charge on any atom is -0.299 e. The molecule has 1 N–H and O–H groups in total. The lowest BCUT2D eigenvalue weighted by Gasteiger charge is -2.33. The van der Waals surface area contributed by atoms with E-state index in [4.69, 9.17) is 0 Å². The van der Waals surface area contributed by atoms with E-state index >= 15 is 0 Å². The van der Waals surface area contributed by atoms with Crippen molar-refractivity contribution in [1.29, 1.82) is 5.26 Å². The van der Waals surface area contributed by atoms with Gasteiger partial charge in [-0.1, -0.05) is 0 Å². The first-order chi connectivity index (χ1) is 9.93. The van der Waals surface area contributed by atoms with Crippen LogP contribution >= 0.6 is 0 Å². The van der Waals surface area contributed by atoms with E-state index in [0.717, 1.165) is 12.5 Å². The summed E-state index contributed by atoms with van der Waals surface area (Å²) < 4.78 is 0. The average Bonchev–Trinajstić information content (AvgIpc) is 3.08. The van der Waals surface area contributed by atoms with Crippen LogP contribution in [0.2, 0.25) is 0 Å². The van der Waals surface area contributed by atoms with E-state index in [1.54, 1.807) is 0 Å². The van der Waals surface area contributed by atoms with Crippen LogP contribution in [0.25, 0.3) is 0 Å². The fraction of sp³-hybridized carbons (Fsp3) is 0.941. The molecule has 0 aromatic carbocycles. The Hall–Kier alpha value is -0.630. The van der Waals surface area contributed by atoms with Gasteiger partial charge in [-0.05, 0) is 66.5 Å². The summed E-state index contributed by atoms with van der Waals surface area (Å²) in [5.41, 5.74) is -0.417. The third-order valence-corrected chi connectivity index (χ3v) is 5.03. The van der Waals surface area contributed by atoms with Gasteiger partial charge in [0, 0.05) is 31.2 Å². The molecule has 2 rings (SSSR count). The van der Waals surface area contributed by atoms with Crippen LogP contribution in [0.15, 0.2) is 0 Å².